The molecule has 25 heavy (non-hydrogen) atoms. The van der Waals surface area contributed by atoms with E-state index in [-0.39, 0.29) is 23.2 Å². The molecule has 3 rings (SSSR count). The number of likely N-dealkylation sites (tertiary alicyclic amines) is 1. The van der Waals surface area contributed by atoms with Gasteiger partial charge in [0, 0.05) is 39.6 Å². The number of carbonyl (C=O) groups excluding carboxylic acids is 2. The fraction of sp³-hybridized carbons (Fsp3) is 0.588. The second kappa shape index (κ2) is 7.90. The van der Waals surface area contributed by atoms with Gasteiger partial charge in [-0.1, -0.05) is 6.07 Å². The van der Waals surface area contributed by atoms with E-state index in [2.05, 4.69) is 10.3 Å². The summed E-state index contributed by atoms with van der Waals surface area (Å²) >= 11 is 0. The minimum atomic E-state index is -0.521. The average Bonchev–Trinajstić information content (AvgIpc) is 3.10. The van der Waals surface area contributed by atoms with Gasteiger partial charge in [0.1, 0.15) is 11.4 Å². The van der Waals surface area contributed by atoms with Crippen LogP contribution in [0.25, 0.3) is 0 Å². The zero-order valence-corrected chi connectivity index (χ0v) is 14.3. The number of aromatic nitrogens is 1. The van der Waals surface area contributed by atoms with E-state index in [0.717, 1.165) is 0 Å². The second-order valence-corrected chi connectivity index (χ2v) is 6.06. The van der Waals surface area contributed by atoms with Crippen molar-refractivity contribution in [3.05, 3.63) is 29.6 Å². The third-order valence-electron chi connectivity index (χ3n) is 4.42. The molecular weight excluding hydrogens is 326 g/mol. The zero-order chi connectivity index (χ0) is 17.7. The Morgan fingerprint density at radius 3 is 2.60 bits per heavy atom. The van der Waals surface area contributed by atoms with E-state index in [1.54, 1.807) is 30.2 Å². The highest BCUT2D eigenvalue weighted by atomic mass is 16.7. The van der Waals surface area contributed by atoms with Gasteiger partial charge in [0.15, 0.2) is 5.79 Å². The molecule has 2 fully saturated rings. The molecule has 1 spiro atoms. The number of ether oxygens (including phenoxy) is 3. The van der Waals surface area contributed by atoms with Crippen molar-refractivity contribution in [2.75, 3.05) is 46.6 Å². The number of carbonyl (C=O) groups is 2. The van der Waals surface area contributed by atoms with Crippen molar-refractivity contribution < 1.29 is 23.8 Å². The molecule has 0 radical (unpaired) electrons. The lowest BCUT2D eigenvalue weighted by atomic mass is 10.0. The van der Waals surface area contributed by atoms with Crippen LogP contribution in [0.4, 0.5) is 0 Å². The lowest BCUT2D eigenvalue weighted by molar-refractivity contribution is -0.181. The number of hydrogen-bond donors (Lipinski definition) is 1. The quantitative estimate of drug-likeness (QED) is 0.776. The van der Waals surface area contributed by atoms with Gasteiger partial charge in [0.25, 0.3) is 11.8 Å². The van der Waals surface area contributed by atoms with Gasteiger partial charge in [-0.25, -0.2) is 4.98 Å². The fourth-order valence-corrected chi connectivity index (χ4v) is 3.04. The molecule has 0 bridgehead atoms. The van der Waals surface area contributed by atoms with E-state index < -0.39 is 5.79 Å². The third kappa shape index (κ3) is 4.15. The number of nitrogens with zero attached hydrogens (tertiary/aromatic N) is 2. The minimum Gasteiger partial charge on any atom is -0.383 e. The van der Waals surface area contributed by atoms with Gasteiger partial charge in [-0.2, -0.15) is 0 Å². The van der Waals surface area contributed by atoms with Crippen molar-refractivity contribution in [1.29, 1.82) is 0 Å². The Labute approximate surface area is 146 Å². The summed E-state index contributed by atoms with van der Waals surface area (Å²) in [7, 11) is 1.56. The summed E-state index contributed by atoms with van der Waals surface area (Å²) in [4.78, 5) is 30.7. The molecule has 1 aromatic heterocycles. The average molecular weight is 349 g/mol. The van der Waals surface area contributed by atoms with Gasteiger partial charge in [-0.3, -0.25) is 9.59 Å². The molecule has 2 amide bonds. The highest BCUT2D eigenvalue weighted by Gasteiger charge is 2.41. The summed E-state index contributed by atoms with van der Waals surface area (Å²) in [6, 6.07) is 4.88. The van der Waals surface area contributed by atoms with E-state index >= 15 is 0 Å². The van der Waals surface area contributed by atoms with E-state index in [4.69, 9.17) is 14.2 Å². The summed E-state index contributed by atoms with van der Waals surface area (Å²) in [5, 5.41) is 2.69. The number of pyridine rings is 1. The molecular formula is C17H23N3O5. The maximum atomic E-state index is 12.7. The first-order chi connectivity index (χ1) is 12.1. The van der Waals surface area contributed by atoms with Crippen molar-refractivity contribution in [3.63, 3.8) is 0 Å². The zero-order valence-electron chi connectivity index (χ0n) is 14.3. The van der Waals surface area contributed by atoms with Crippen molar-refractivity contribution in [2.45, 2.75) is 18.6 Å². The van der Waals surface area contributed by atoms with E-state index in [1.807, 2.05) is 0 Å². The van der Waals surface area contributed by atoms with Crippen LogP contribution in [0.1, 0.15) is 33.8 Å². The largest absolute Gasteiger partial charge is 0.383 e. The number of rotatable bonds is 5. The maximum absolute atomic E-state index is 12.7. The van der Waals surface area contributed by atoms with Crippen LogP contribution >= 0.6 is 0 Å². The monoisotopic (exact) mass is 349 g/mol. The summed E-state index contributed by atoms with van der Waals surface area (Å²) in [6.07, 6.45) is 1.30. The van der Waals surface area contributed by atoms with Crippen LogP contribution in [0.5, 0.6) is 0 Å². The Balaban J connectivity index is 1.60. The van der Waals surface area contributed by atoms with Gasteiger partial charge < -0.3 is 24.4 Å². The molecule has 8 heteroatoms. The second-order valence-electron chi connectivity index (χ2n) is 6.06. The van der Waals surface area contributed by atoms with Crippen molar-refractivity contribution in [3.8, 4) is 0 Å². The lowest BCUT2D eigenvalue weighted by Gasteiger charge is -2.37. The SMILES string of the molecule is COCCNC(=O)c1cccc(C(=O)N2CCC3(CC2)OCCO3)n1. The number of hydrogen-bond acceptors (Lipinski definition) is 6. The van der Waals surface area contributed by atoms with E-state index in [1.165, 1.54) is 0 Å². The molecule has 1 aromatic rings. The lowest BCUT2D eigenvalue weighted by Crippen LogP contribution is -2.47. The van der Waals surface area contributed by atoms with Gasteiger partial charge in [-0.15, -0.1) is 0 Å². The molecule has 0 aromatic carbocycles. The fourth-order valence-electron chi connectivity index (χ4n) is 3.04. The topological polar surface area (TPSA) is 90.0 Å². The molecule has 0 atom stereocenters. The molecule has 2 saturated heterocycles. The number of piperidine rings is 1. The smallest absolute Gasteiger partial charge is 0.272 e. The Morgan fingerprint density at radius 1 is 1.24 bits per heavy atom. The Kier molecular flexibility index (Phi) is 5.62. The van der Waals surface area contributed by atoms with Crippen LogP contribution in [-0.2, 0) is 14.2 Å². The molecule has 3 heterocycles. The Hall–Kier alpha value is -2.03. The van der Waals surface area contributed by atoms with Crippen LogP contribution in [0, 0.1) is 0 Å². The Morgan fingerprint density at radius 2 is 1.92 bits per heavy atom. The molecule has 8 nitrogen and oxygen atoms in total. The first kappa shape index (κ1) is 17.8. The number of nitrogens with one attached hydrogen (secondary N) is 1. The maximum Gasteiger partial charge on any atom is 0.272 e. The predicted molar refractivity (Wildman–Crippen MR) is 88.2 cm³/mol. The highest BCUT2D eigenvalue weighted by molar-refractivity contribution is 5.96. The van der Waals surface area contributed by atoms with Gasteiger partial charge in [0.05, 0.1) is 19.8 Å². The van der Waals surface area contributed by atoms with E-state index in [9.17, 15) is 9.59 Å². The standard InChI is InChI=1S/C17H23N3O5/c1-23-10-7-18-15(21)13-3-2-4-14(19-13)16(22)20-8-5-17(6-9-20)24-11-12-25-17/h2-4H,5-12H2,1H3,(H,18,21). The number of amides is 2. The normalized spacial score (nSPS) is 19.2. The van der Waals surface area contributed by atoms with Gasteiger partial charge in [-0.05, 0) is 12.1 Å². The third-order valence-corrected chi connectivity index (χ3v) is 4.42. The van der Waals surface area contributed by atoms with Crippen molar-refractivity contribution >= 4 is 11.8 Å². The van der Waals surface area contributed by atoms with Crippen LogP contribution < -0.4 is 5.32 Å². The molecule has 1 N–H and O–H groups in total. The Bertz CT molecular complexity index is 620. The highest BCUT2D eigenvalue weighted by Crippen LogP contribution is 2.31. The summed E-state index contributed by atoms with van der Waals surface area (Å²) in [6.45, 7) is 3.12. The molecule has 136 valence electrons. The van der Waals surface area contributed by atoms with Crippen LogP contribution in [0.15, 0.2) is 18.2 Å². The molecule has 2 aliphatic heterocycles. The first-order valence-electron chi connectivity index (χ1n) is 8.45. The van der Waals surface area contributed by atoms with Crippen LogP contribution in [-0.4, -0.2) is 74.1 Å². The molecule has 0 unspecified atom stereocenters. The summed E-state index contributed by atoms with van der Waals surface area (Å²) in [5.74, 6) is -1.02. The van der Waals surface area contributed by atoms with E-state index in [0.29, 0.717) is 52.3 Å². The number of methoxy groups -OCH3 is 1. The summed E-state index contributed by atoms with van der Waals surface area (Å²) < 4.78 is 16.2. The first-order valence-corrected chi connectivity index (χ1v) is 8.45. The summed E-state index contributed by atoms with van der Waals surface area (Å²) in [5.41, 5.74) is 0.487. The van der Waals surface area contributed by atoms with Crippen molar-refractivity contribution in [1.82, 2.24) is 15.2 Å². The predicted octanol–water partition coefficient (Wildman–Crippen LogP) is 0.437. The molecule has 2 aliphatic rings. The molecule has 0 saturated carbocycles. The van der Waals surface area contributed by atoms with Gasteiger partial charge in [0.2, 0.25) is 0 Å². The minimum absolute atomic E-state index is 0.181. The molecule has 0 aliphatic carbocycles. The van der Waals surface area contributed by atoms with Crippen LogP contribution in [0.3, 0.4) is 0 Å². The van der Waals surface area contributed by atoms with Crippen molar-refractivity contribution in [2.24, 2.45) is 0 Å². The van der Waals surface area contributed by atoms with Gasteiger partial charge >= 0.3 is 0 Å². The van der Waals surface area contributed by atoms with Crippen LogP contribution in [0.2, 0.25) is 0 Å².